The molecule has 0 bridgehead atoms. The highest BCUT2D eigenvalue weighted by Crippen LogP contribution is 2.22. The molecular weight excluding hydrogens is 284 g/mol. The van der Waals surface area contributed by atoms with Crippen molar-refractivity contribution in [1.82, 2.24) is 0 Å². The molecular formula is C18H13F2NO. The quantitative estimate of drug-likeness (QED) is 0.731. The molecule has 0 aliphatic carbocycles. The van der Waals surface area contributed by atoms with E-state index in [1.54, 1.807) is 12.1 Å². The number of hydrogen-bond acceptors (Lipinski definition) is 1. The molecule has 0 atom stereocenters. The molecule has 0 aromatic heterocycles. The normalized spacial score (nSPS) is 10.7. The van der Waals surface area contributed by atoms with E-state index >= 15 is 0 Å². The number of anilines is 1. The monoisotopic (exact) mass is 297 g/mol. The van der Waals surface area contributed by atoms with Crippen LogP contribution in [0.3, 0.4) is 0 Å². The van der Waals surface area contributed by atoms with Crippen molar-refractivity contribution in [2.75, 3.05) is 5.32 Å². The summed E-state index contributed by atoms with van der Waals surface area (Å²) in [6.45, 7) is 1.47. The van der Waals surface area contributed by atoms with E-state index in [4.69, 9.17) is 0 Å². The van der Waals surface area contributed by atoms with Gasteiger partial charge in [0.1, 0.15) is 11.6 Å². The summed E-state index contributed by atoms with van der Waals surface area (Å²) in [5, 5.41) is 4.10. The Labute approximate surface area is 126 Å². The van der Waals surface area contributed by atoms with Gasteiger partial charge in [-0.05, 0) is 35.4 Å². The second-order valence-electron chi connectivity index (χ2n) is 5.06. The van der Waals surface area contributed by atoms with Crippen molar-refractivity contribution in [2.24, 2.45) is 0 Å². The van der Waals surface area contributed by atoms with Crippen LogP contribution in [-0.4, -0.2) is 5.91 Å². The van der Waals surface area contributed by atoms with E-state index in [-0.39, 0.29) is 11.3 Å². The van der Waals surface area contributed by atoms with E-state index < -0.39 is 17.5 Å². The molecule has 0 saturated heterocycles. The topological polar surface area (TPSA) is 29.1 Å². The Hall–Kier alpha value is -2.75. The van der Waals surface area contributed by atoms with Crippen LogP contribution in [0.2, 0.25) is 0 Å². The van der Waals surface area contributed by atoms with Gasteiger partial charge in [0, 0.05) is 11.6 Å². The number of rotatable bonds is 2. The molecule has 2 nitrogen and oxygen atoms in total. The predicted octanol–water partition coefficient (Wildman–Crippen LogP) is 4.68. The summed E-state index contributed by atoms with van der Waals surface area (Å²) in [5.74, 6) is -1.69. The first-order valence-corrected chi connectivity index (χ1v) is 6.81. The molecule has 0 radical (unpaired) electrons. The zero-order chi connectivity index (χ0) is 15.7. The highest BCUT2D eigenvalue weighted by Gasteiger charge is 2.14. The summed E-state index contributed by atoms with van der Waals surface area (Å²) < 4.78 is 27.4. The first kappa shape index (κ1) is 14.2. The SMILES string of the molecule is Cc1cc(F)c(NC(=O)c2cccc3ccccc23)cc1F. The zero-order valence-electron chi connectivity index (χ0n) is 11.9. The van der Waals surface area contributed by atoms with Gasteiger partial charge < -0.3 is 5.32 Å². The molecule has 3 aromatic carbocycles. The fraction of sp³-hybridized carbons (Fsp3) is 0.0556. The maximum absolute atomic E-state index is 13.8. The van der Waals surface area contributed by atoms with Gasteiger partial charge in [-0.15, -0.1) is 0 Å². The van der Waals surface area contributed by atoms with Crippen molar-refractivity contribution >= 4 is 22.4 Å². The highest BCUT2D eigenvalue weighted by atomic mass is 19.1. The Bertz CT molecular complexity index is 869. The lowest BCUT2D eigenvalue weighted by Crippen LogP contribution is -2.14. The Kier molecular flexibility index (Phi) is 3.59. The van der Waals surface area contributed by atoms with Crippen LogP contribution in [0.15, 0.2) is 54.6 Å². The van der Waals surface area contributed by atoms with Gasteiger partial charge >= 0.3 is 0 Å². The minimum absolute atomic E-state index is 0.166. The standard InChI is InChI=1S/C18H13F2NO/c1-11-9-16(20)17(10-15(11)19)21-18(22)14-8-4-6-12-5-2-3-7-13(12)14/h2-10H,1H3,(H,21,22). The van der Waals surface area contributed by atoms with Crippen molar-refractivity contribution in [3.8, 4) is 0 Å². The molecule has 0 fully saturated rings. The second kappa shape index (κ2) is 5.56. The molecule has 4 heteroatoms. The number of aryl methyl sites for hydroxylation is 1. The number of fused-ring (bicyclic) bond motifs is 1. The number of halogens is 2. The summed E-state index contributed by atoms with van der Waals surface area (Å²) in [7, 11) is 0. The average Bonchev–Trinajstić information content (AvgIpc) is 2.52. The number of nitrogens with one attached hydrogen (secondary N) is 1. The summed E-state index contributed by atoms with van der Waals surface area (Å²) in [5.41, 5.74) is 0.445. The summed E-state index contributed by atoms with van der Waals surface area (Å²) in [6, 6.07) is 14.8. The van der Waals surface area contributed by atoms with Gasteiger partial charge in [0.15, 0.2) is 0 Å². The molecule has 0 heterocycles. The molecule has 0 unspecified atom stereocenters. The van der Waals surface area contributed by atoms with Gasteiger partial charge in [0.05, 0.1) is 5.69 Å². The Morgan fingerprint density at radius 1 is 0.955 bits per heavy atom. The van der Waals surface area contributed by atoms with E-state index in [0.717, 1.165) is 22.9 Å². The van der Waals surface area contributed by atoms with E-state index in [9.17, 15) is 13.6 Å². The van der Waals surface area contributed by atoms with E-state index in [0.29, 0.717) is 5.56 Å². The van der Waals surface area contributed by atoms with Crippen LogP contribution < -0.4 is 5.32 Å². The highest BCUT2D eigenvalue weighted by molar-refractivity contribution is 6.12. The number of carbonyl (C=O) groups is 1. The smallest absolute Gasteiger partial charge is 0.256 e. The zero-order valence-corrected chi connectivity index (χ0v) is 11.9. The van der Waals surface area contributed by atoms with Gasteiger partial charge in [-0.25, -0.2) is 8.78 Å². The van der Waals surface area contributed by atoms with Crippen LogP contribution in [0.4, 0.5) is 14.5 Å². The third-order valence-corrected chi connectivity index (χ3v) is 3.53. The van der Waals surface area contributed by atoms with Gasteiger partial charge in [-0.3, -0.25) is 4.79 Å². The molecule has 3 rings (SSSR count). The fourth-order valence-electron chi connectivity index (χ4n) is 2.36. The Balaban J connectivity index is 1.99. The van der Waals surface area contributed by atoms with Gasteiger partial charge in [0.25, 0.3) is 5.91 Å². The molecule has 0 aliphatic rings. The van der Waals surface area contributed by atoms with E-state index in [1.807, 2.05) is 30.3 Å². The molecule has 110 valence electrons. The van der Waals surface area contributed by atoms with Crippen molar-refractivity contribution in [3.05, 3.63) is 77.4 Å². The first-order valence-electron chi connectivity index (χ1n) is 6.81. The van der Waals surface area contributed by atoms with Crippen molar-refractivity contribution in [1.29, 1.82) is 0 Å². The first-order chi connectivity index (χ1) is 10.6. The molecule has 0 spiro atoms. The number of carbonyl (C=O) groups excluding carboxylic acids is 1. The third-order valence-electron chi connectivity index (χ3n) is 3.53. The van der Waals surface area contributed by atoms with Crippen LogP contribution in [0.25, 0.3) is 10.8 Å². The summed E-state index contributed by atoms with van der Waals surface area (Å²) >= 11 is 0. The van der Waals surface area contributed by atoms with Crippen LogP contribution in [-0.2, 0) is 0 Å². The lowest BCUT2D eigenvalue weighted by molar-refractivity contribution is 0.102. The molecule has 1 N–H and O–H groups in total. The summed E-state index contributed by atoms with van der Waals surface area (Å²) in [4.78, 5) is 12.4. The molecule has 3 aromatic rings. The van der Waals surface area contributed by atoms with Crippen LogP contribution in [0, 0.1) is 18.6 Å². The number of hydrogen-bond donors (Lipinski definition) is 1. The van der Waals surface area contributed by atoms with Gasteiger partial charge in [0.2, 0.25) is 0 Å². The van der Waals surface area contributed by atoms with Gasteiger partial charge in [-0.2, -0.15) is 0 Å². The third kappa shape index (κ3) is 2.55. The van der Waals surface area contributed by atoms with Crippen molar-refractivity contribution in [2.45, 2.75) is 6.92 Å². The molecule has 1 amide bonds. The minimum Gasteiger partial charge on any atom is -0.319 e. The maximum Gasteiger partial charge on any atom is 0.256 e. The lowest BCUT2D eigenvalue weighted by Gasteiger charge is -2.10. The lowest BCUT2D eigenvalue weighted by atomic mass is 10.0. The van der Waals surface area contributed by atoms with E-state index in [1.165, 1.54) is 6.92 Å². The molecule has 0 saturated carbocycles. The van der Waals surface area contributed by atoms with Crippen molar-refractivity contribution in [3.63, 3.8) is 0 Å². The molecule has 0 aliphatic heterocycles. The largest absolute Gasteiger partial charge is 0.319 e. The number of benzene rings is 3. The second-order valence-corrected chi connectivity index (χ2v) is 5.06. The Morgan fingerprint density at radius 3 is 2.50 bits per heavy atom. The molecule has 22 heavy (non-hydrogen) atoms. The minimum atomic E-state index is -0.660. The fourth-order valence-corrected chi connectivity index (χ4v) is 2.36. The van der Waals surface area contributed by atoms with Crippen LogP contribution in [0.1, 0.15) is 15.9 Å². The van der Waals surface area contributed by atoms with E-state index in [2.05, 4.69) is 5.32 Å². The van der Waals surface area contributed by atoms with Crippen molar-refractivity contribution < 1.29 is 13.6 Å². The summed E-state index contributed by atoms with van der Waals surface area (Å²) in [6.07, 6.45) is 0. The predicted molar refractivity (Wildman–Crippen MR) is 83.0 cm³/mol. The van der Waals surface area contributed by atoms with Crippen LogP contribution >= 0.6 is 0 Å². The number of amides is 1. The van der Waals surface area contributed by atoms with Gasteiger partial charge in [-0.1, -0.05) is 36.4 Å². The maximum atomic E-state index is 13.8. The van der Waals surface area contributed by atoms with Crippen LogP contribution in [0.5, 0.6) is 0 Å². The average molecular weight is 297 g/mol. The Morgan fingerprint density at radius 2 is 1.68 bits per heavy atom.